The highest BCUT2D eigenvalue weighted by molar-refractivity contribution is 6.07. The van der Waals surface area contributed by atoms with E-state index in [1.807, 2.05) is 269 Å². The molecule has 12 aromatic rings. The van der Waals surface area contributed by atoms with Crippen LogP contribution in [0.5, 0.6) is 0 Å². The number of benzene rings is 2. The van der Waals surface area contributed by atoms with E-state index in [-0.39, 0.29) is 0 Å². The van der Waals surface area contributed by atoms with Crippen molar-refractivity contribution < 1.29 is 0 Å². The minimum absolute atomic E-state index is 0.759. The summed E-state index contributed by atoms with van der Waals surface area (Å²) in [5, 5.41) is 9.73. The van der Waals surface area contributed by atoms with Gasteiger partial charge in [-0.1, -0.05) is 201 Å². The van der Waals surface area contributed by atoms with Gasteiger partial charge in [0.15, 0.2) is 0 Å². The molecule has 546 valence electrons. The van der Waals surface area contributed by atoms with Crippen molar-refractivity contribution in [2.75, 3.05) is 0 Å². The zero-order valence-corrected chi connectivity index (χ0v) is 67.3. The van der Waals surface area contributed by atoms with Crippen molar-refractivity contribution >= 4 is 21.8 Å². The fourth-order valence-electron chi connectivity index (χ4n) is 5.51. The van der Waals surface area contributed by atoms with Gasteiger partial charge in [-0.25, -0.2) is 49.8 Å². The second kappa shape index (κ2) is 92.2. The lowest BCUT2D eigenvalue weighted by Crippen LogP contribution is -1.84. The van der Waals surface area contributed by atoms with Gasteiger partial charge in [-0.05, 0) is 134 Å². The zero-order chi connectivity index (χ0) is 77.6. The Labute approximate surface area is 602 Å². The van der Waals surface area contributed by atoms with E-state index in [0.29, 0.717) is 0 Å². The highest BCUT2D eigenvalue weighted by Gasteiger charge is 2.05. The van der Waals surface area contributed by atoms with Crippen LogP contribution in [-0.2, 0) is 7.05 Å². The maximum absolute atomic E-state index is 3.98. The predicted molar refractivity (Wildman–Crippen MR) is 428 cm³/mol. The van der Waals surface area contributed by atoms with Gasteiger partial charge < -0.3 is 4.57 Å². The molecule has 10 heterocycles. The lowest BCUT2D eigenvalue weighted by Gasteiger charge is -1.95. The smallest absolute Gasteiger partial charge is 0.138 e. The summed E-state index contributed by atoms with van der Waals surface area (Å²) in [4.78, 5) is 57.3. The van der Waals surface area contributed by atoms with Crippen molar-refractivity contribution in [1.82, 2.24) is 89.5 Å². The van der Waals surface area contributed by atoms with E-state index in [9.17, 15) is 0 Å². The van der Waals surface area contributed by atoms with Gasteiger partial charge in [0, 0.05) is 121 Å². The molecule has 0 unspecified atom stereocenters. The van der Waals surface area contributed by atoms with Gasteiger partial charge in [0.2, 0.25) is 0 Å². The van der Waals surface area contributed by atoms with Crippen molar-refractivity contribution in [3.8, 4) is 0 Å². The monoisotopic (exact) mass is 1360 g/mol. The summed E-state index contributed by atoms with van der Waals surface area (Å²) in [5.74, 6) is 1.58. The Hall–Kier alpha value is -9.97. The van der Waals surface area contributed by atoms with Gasteiger partial charge in [0.05, 0.1) is 17.6 Å². The molecule has 0 bridgehead atoms. The molecule has 10 aromatic heterocycles. The number of pyridine rings is 3. The normalized spacial score (nSPS) is 7.80. The fourth-order valence-corrected chi connectivity index (χ4v) is 5.51. The third-order valence-corrected chi connectivity index (χ3v) is 9.34. The minimum atomic E-state index is 0.759. The highest BCUT2D eigenvalue weighted by Crippen LogP contribution is 2.27. The van der Waals surface area contributed by atoms with Gasteiger partial charge in [-0.2, -0.15) is 5.10 Å². The summed E-state index contributed by atoms with van der Waals surface area (Å²) in [7, 11) is 2.12. The summed E-state index contributed by atoms with van der Waals surface area (Å²) in [6.45, 7) is 61.4. The van der Waals surface area contributed by atoms with Crippen LogP contribution in [0.2, 0.25) is 0 Å². The lowest BCUT2D eigenvalue weighted by molar-refractivity contribution is 0.939. The molecule has 18 nitrogen and oxygen atoms in total. The molecule has 0 fully saturated rings. The van der Waals surface area contributed by atoms with E-state index in [1.165, 1.54) is 64.6 Å². The Morgan fingerprint density at radius 2 is 0.636 bits per heavy atom. The van der Waals surface area contributed by atoms with Gasteiger partial charge in [-0.3, -0.25) is 24.9 Å². The van der Waals surface area contributed by atoms with Crippen LogP contribution in [-0.4, -0.2) is 89.5 Å². The third-order valence-electron chi connectivity index (χ3n) is 9.34. The van der Waals surface area contributed by atoms with Crippen molar-refractivity contribution in [2.24, 2.45) is 7.05 Å². The molecular formula is C81H132N18. The molecule has 0 radical (unpaired) electrons. The summed E-state index contributed by atoms with van der Waals surface area (Å²) in [5.41, 5.74) is 10.1. The second-order valence-corrected chi connectivity index (χ2v) is 16.0. The number of nitrogens with zero attached hydrogens (tertiary/aromatic N) is 18. The molecule has 0 saturated carbocycles. The topological polar surface area (TPSA) is 224 Å². The van der Waals surface area contributed by atoms with Crippen LogP contribution < -0.4 is 0 Å². The largest absolute Gasteiger partial charge is 0.344 e. The molecule has 0 N–H and O–H groups in total. The maximum atomic E-state index is 3.98. The van der Waals surface area contributed by atoms with Crippen LogP contribution >= 0.6 is 0 Å². The van der Waals surface area contributed by atoms with Crippen molar-refractivity contribution in [3.05, 3.63) is 273 Å². The summed E-state index contributed by atoms with van der Waals surface area (Å²) in [6.07, 6.45) is 31.8. The molecule has 12 rings (SSSR count). The van der Waals surface area contributed by atoms with Crippen molar-refractivity contribution in [2.45, 2.75) is 215 Å². The van der Waals surface area contributed by atoms with E-state index in [4.69, 9.17) is 0 Å². The average molecular weight is 1360 g/mol. The van der Waals surface area contributed by atoms with Crippen molar-refractivity contribution in [3.63, 3.8) is 0 Å². The first kappa shape index (κ1) is 108. The molecule has 0 saturated heterocycles. The SMILES string of the molecule is CC.CC.CC.CC.CC.CC.CC.CC.CC.CC.CC.Cc1ccccn1.Cc1cccnc1.Cc1ccncc1.Cc1ccncn1.Cc1cnccn1.Cc1cncnc1.Cc1cnncn1.Cc1ncccn1.Cc1ncncn1.Cn1c2ccccc2c2ccccc21. The van der Waals surface area contributed by atoms with Crippen LogP contribution in [0.4, 0.5) is 0 Å². The Balaban J connectivity index is -0.000000127. The Kier molecular flexibility index (Phi) is 100. The van der Waals surface area contributed by atoms with Gasteiger partial charge in [0.1, 0.15) is 43.3 Å². The number of hydrogen-bond acceptors (Lipinski definition) is 17. The molecule has 0 atom stereocenters. The van der Waals surface area contributed by atoms with Gasteiger partial charge >= 0.3 is 0 Å². The Morgan fingerprint density at radius 1 is 0.222 bits per heavy atom. The van der Waals surface area contributed by atoms with Crippen molar-refractivity contribution in [1.29, 1.82) is 0 Å². The van der Waals surface area contributed by atoms with Crippen LogP contribution in [0.3, 0.4) is 0 Å². The van der Waals surface area contributed by atoms with Crippen LogP contribution in [0, 0.1) is 62.3 Å². The molecule has 99 heavy (non-hydrogen) atoms. The Morgan fingerprint density at radius 3 is 0.889 bits per heavy atom. The zero-order valence-electron chi connectivity index (χ0n) is 67.3. The number of rotatable bonds is 0. The van der Waals surface area contributed by atoms with Gasteiger partial charge in [-0.15, -0.1) is 5.10 Å². The first-order valence-corrected chi connectivity index (χ1v) is 35.0. The summed E-state index contributed by atoms with van der Waals surface area (Å²) in [6, 6.07) is 34.4. The van der Waals surface area contributed by atoms with E-state index in [2.05, 4.69) is 145 Å². The molecule has 0 amide bonds. The first-order chi connectivity index (χ1) is 48.4. The van der Waals surface area contributed by atoms with Gasteiger partial charge in [0.25, 0.3) is 0 Å². The average Bonchev–Trinajstić information content (AvgIpc) is 1.63. The number of fused-ring (bicyclic) bond motifs is 3. The lowest BCUT2D eigenvalue weighted by atomic mass is 10.2. The highest BCUT2D eigenvalue weighted by atomic mass is 15.1. The van der Waals surface area contributed by atoms with E-state index >= 15 is 0 Å². The Bertz CT molecular complexity index is 2680. The number of aryl methyl sites for hydroxylation is 10. The molecule has 0 aliphatic rings. The molecule has 2 aromatic carbocycles. The fraction of sp³-hybridized carbons (Fsp3) is 0.395. The molecular weight excluding hydrogens is 1230 g/mol. The number of hydrogen-bond donors (Lipinski definition) is 0. The predicted octanol–water partition coefficient (Wildman–Crippen LogP) is 22.3. The number of aromatic nitrogens is 18. The summed E-state index contributed by atoms with van der Waals surface area (Å²) < 4.78 is 2.24. The van der Waals surface area contributed by atoms with E-state index < -0.39 is 0 Å². The van der Waals surface area contributed by atoms with E-state index in [0.717, 1.165) is 40.0 Å². The number of para-hydroxylation sites is 2. The van der Waals surface area contributed by atoms with E-state index in [1.54, 1.807) is 86.6 Å². The molecule has 18 heteroatoms. The molecule has 0 aliphatic carbocycles. The van der Waals surface area contributed by atoms with Crippen LogP contribution in [0.1, 0.15) is 203 Å². The first-order valence-electron chi connectivity index (χ1n) is 35.0. The quantitative estimate of drug-likeness (QED) is 0.138. The van der Waals surface area contributed by atoms with Crippen LogP contribution in [0.25, 0.3) is 21.8 Å². The molecule has 0 spiro atoms. The minimum Gasteiger partial charge on any atom is -0.344 e. The standard InChI is InChI=1S/C13H11N.3C6H7N.4C5H6N2.2C4H5N3.11C2H6/c1-14-12-8-4-2-6-10(12)11-7-3-5-9-13(11)14;1-6-2-4-7-5-3-6;1-6-3-2-4-7-5-6;1-6-4-2-3-5-7-6;1-5-2-6-4-7-3-5;1-5-4-6-2-3-7-5;1-5-2-3-6-4-7-5;1-5-6-3-2-4-7-5;1-4-6-2-5-3-7-4;1-4-2-6-7-3-5-4;11*1-2/h2-9H,1H3;3*2-5H,1H3;4*2-4H,1H3;2*2-3H,1H3;11*1-2H3. The maximum Gasteiger partial charge on any atom is 0.138 e. The van der Waals surface area contributed by atoms with Crippen LogP contribution in [0.15, 0.2) is 222 Å². The third kappa shape index (κ3) is 70.7. The second-order valence-electron chi connectivity index (χ2n) is 16.0. The molecule has 0 aliphatic heterocycles. The summed E-state index contributed by atoms with van der Waals surface area (Å²) >= 11 is 0.